The highest BCUT2D eigenvalue weighted by Crippen LogP contribution is 2.39. The molecule has 2 N–H and O–H groups in total. The summed E-state index contributed by atoms with van der Waals surface area (Å²) < 4.78 is 33.7. The fourth-order valence-electron chi connectivity index (χ4n) is 3.46. The summed E-state index contributed by atoms with van der Waals surface area (Å²) in [6, 6.07) is 20.0. The van der Waals surface area contributed by atoms with E-state index < -0.39 is 15.9 Å². The molecular weight excluding hydrogens is 426 g/mol. The van der Waals surface area contributed by atoms with Gasteiger partial charge in [0.25, 0.3) is 5.91 Å². The Morgan fingerprint density at radius 1 is 1.00 bits per heavy atom. The van der Waals surface area contributed by atoms with Gasteiger partial charge < -0.3 is 15.4 Å². The van der Waals surface area contributed by atoms with Gasteiger partial charge in [0.15, 0.2) is 5.75 Å². The number of hydrogen-bond acceptors (Lipinski definition) is 5. The van der Waals surface area contributed by atoms with Gasteiger partial charge in [-0.15, -0.1) is 0 Å². The SMILES string of the molecule is CCN(C)S(=O)(=O)c1cc2c(cc1NCCc1ccccc1)Oc1ccccc1NC2=O. The molecule has 0 radical (unpaired) electrons. The van der Waals surface area contributed by atoms with Crippen LogP contribution in [-0.2, 0) is 16.4 Å². The van der Waals surface area contributed by atoms with Crippen LogP contribution in [0.15, 0.2) is 71.6 Å². The monoisotopic (exact) mass is 451 g/mol. The summed E-state index contributed by atoms with van der Waals surface area (Å²) in [5, 5.41) is 6.03. The first kappa shape index (κ1) is 21.9. The van der Waals surface area contributed by atoms with Crippen molar-refractivity contribution in [2.24, 2.45) is 0 Å². The third-order valence-corrected chi connectivity index (χ3v) is 7.36. The molecule has 0 unspecified atom stereocenters. The summed E-state index contributed by atoms with van der Waals surface area (Å²) in [7, 11) is -2.30. The zero-order valence-electron chi connectivity index (χ0n) is 18.0. The Balaban J connectivity index is 1.75. The Kier molecular flexibility index (Phi) is 6.16. The van der Waals surface area contributed by atoms with Crippen molar-refractivity contribution in [1.82, 2.24) is 4.31 Å². The second-order valence-corrected chi connectivity index (χ2v) is 9.49. The number of carbonyl (C=O) groups is 1. The lowest BCUT2D eigenvalue weighted by Gasteiger charge is -2.20. The van der Waals surface area contributed by atoms with Gasteiger partial charge in [-0.3, -0.25) is 4.79 Å². The zero-order chi connectivity index (χ0) is 22.7. The van der Waals surface area contributed by atoms with Crippen LogP contribution < -0.4 is 15.4 Å². The highest BCUT2D eigenvalue weighted by Gasteiger charge is 2.29. The maximum Gasteiger partial charge on any atom is 0.259 e. The summed E-state index contributed by atoms with van der Waals surface area (Å²) in [6.45, 7) is 2.58. The van der Waals surface area contributed by atoms with Gasteiger partial charge in [0.2, 0.25) is 10.0 Å². The van der Waals surface area contributed by atoms with Crippen LogP contribution in [0.5, 0.6) is 11.5 Å². The lowest BCUT2D eigenvalue weighted by Crippen LogP contribution is -2.28. The van der Waals surface area contributed by atoms with E-state index in [9.17, 15) is 13.2 Å². The van der Waals surface area contributed by atoms with Crippen molar-refractivity contribution < 1.29 is 17.9 Å². The largest absolute Gasteiger partial charge is 0.454 e. The Bertz CT molecular complexity index is 1240. The van der Waals surface area contributed by atoms with Crippen LogP contribution in [0.1, 0.15) is 22.8 Å². The van der Waals surface area contributed by atoms with Crippen molar-refractivity contribution in [3.63, 3.8) is 0 Å². The molecule has 0 bridgehead atoms. The lowest BCUT2D eigenvalue weighted by atomic mass is 10.1. The molecule has 3 aromatic rings. The van der Waals surface area contributed by atoms with E-state index in [1.165, 1.54) is 17.4 Å². The number of nitrogens with one attached hydrogen (secondary N) is 2. The summed E-state index contributed by atoms with van der Waals surface area (Å²) in [5.74, 6) is 0.375. The molecular formula is C24H25N3O4S. The first-order chi connectivity index (χ1) is 15.4. The third kappa shape index (κ3) is 4.32. The van der Waals surface area contributed by atoms with Crippen molar-refractivity contribution in [2.75, 3.05) is 30.8 Å². The Labute approximate surface area is 188 Å². The standard InChI is InChI=1S/C24H25N3O4S/c1-3-27(2)32(29,30)23-15-18-22(31-21-12-8-7-11-19(21)26-24(18)28)16-20(23)25-14-13-17-9-5-4-6-10-17/h4-12,15-16,25H,3,13-14H2,1-2H3,(H,26,28). The van der Waals surface area contributed by atoms with E-state index in [4.69, 9.17) is 4.74 Å². The molecule has 0 saturated carbocycles. The number of anilines is 2. The molecule has 0 spiro atoms. The number of fused-ring (bicyclic) bond motifs is 2. The normalized spacial score (nSPS) is 12.9. The lowest BCUT2D eigenvalue weighted by molar-refractivity contribution is 0.102. The van der Waals surface area contributed by atoms with Crippen molar-refractivity contribution in [2.45, 2.75) is 18.2 Å². The van der Waals surface area contributed by atoms with Crippen molar-refractivity contribution in [3.05, 3.63) is 77.9 Å². The Morgan fingerprint density at radius 2 is 1.72 bits per heavy atom. The number of amides is 1. The van der Waals surface area contributed by atoms with Crippen molar-refractivity contribution in [1.29, 1.82) is 0 Å². The number of hydrogen-bond donors (Lipinski definition) is 2. The first-order valence-electron chi connectivity index (χ1n) is 10.4. The molecule has 7 nitrogen and oxygen atoms in total. The van der Waals surface area contributed by atoms with E-state index in [0.29, 0.717) is 42.4 Å². The predicted molar refractivity (Wildman–Crippen MR) is 125 cm³/mol. The maximum absolute atomic E-state index is 13.2. The van der Waals surface area contributed by atoms with Crippen LogP contribution in [0, 0.1) is 0 Å². The van der Waals surface area contributed by atoms with Gasteiger partial charge in [0.05, 0.1) is 16.9 Å². The minimum Gasteiger partial charge on any atom is -0.454 e. The van der Waals surface area contributed by atoms with E-state index >= 15 is 0 Å². The van der Waals surface area contributed by atoms with Crippen molar-refractivity contribution in [3.8, 4) is 11.5 Å². The summed E-state index contributed by atoms with van der Waals surface area (Å²) in [5.41, 5.74) is 2.22. The summed E-state index contributed by atoms with van der Waals surface area (Å²) in [6.07, 6.45) is 0.713. The number of benzene rings is 3. The van der Waals surface area contributed by atoms with Gasteiger partial charge in [-0.05, 0) is 30.2 Å². The number of sulfonamides is 1. The Morgan fingerprint density at radius 3 is 2.47 bits per heavy atom. The van der Waals surface area contributed by atoms with Crippen LogP contribution in [0.3, 0.4) is 0 Å². The molecule has 1 aliphatic rings. The molecule has 0 aromatic heterocycles. The summed E-state index contributed by atoms with van der Waals surface area (Å²) >= 11 is 0. The number of ether oxygens (including phenoxy) is 1. The molecule has 0 saturated heterocycles. The van der Waals surface area contributed by atoms with E-state index in [2.05, 4.69) is 10.6 Å². The molecule has 3 aromatic carbocycles. The molecule has 0 atom stereocenters. The fraction of sp³-hybridized carbons (Fsp3) is 0.208. The average Bonchev–Trinajstić information content (AvgIpc) is 2.93. The van der Waals surface area contributed by atoms with E-state index in [1.807, 2.05) is 36.4 Å². The van der Waals surface area contributed by atoms with Crippen molar-refractivity contribution >= 4 is 27.3 Å². The van der Waals surface area contributed by atoms with E-state index in [0.717, 1.165) is 5.56 Å². The quantitative estimate of drug-likeness (QED) is 0.558. The second kappa shape index (κ2) is 9.02. The molecule has 1 amide bonds. The van der Waals surface area contributed by atoms with Gasteiger partial charge >= 0.3 is 0 Å². The minimum atomic E-state index is -3.82. The van der Waals surface area contributed by atoms with Gasteiger partial charge in [-0.2, -0.15) is 0 Å². The highest BCUT2D eigenvalue weighted by molar-refractivity contribution is 7.89. The number of rotatable bonds is 7. The van der Waals surface area contributed by atoms with Gasteiger partial charge in [0.1, 0.15) is 10.6 Å². The molecule has 0 aliphatic carbocycles. The highest BCUT2D eigenvalue weighted by atomic mass is 32.2. The van der Waals surface area contributed by atoms with Gasteiger partial charge in [0, 0.05) is 26.2 Å². The van der Waals surface area contributed by atoms with Crippen LogP contribution in [-0.4, -0.2) is 38.8 Å². The number of para-hydroxylation sites is 2. The van der Waals surface area contributed by atoms with Crippen LogP contribution in [0.4, 0.5) is 11.4 Å². The number of carbonyl (C=O) groups excluding carboxylic acids is 1. The Hall–Kier alpha value is -3.36. The average molecular weight is 452 g/mol. The van der Waals surface area contributed by atoms with E-state index in [-0.39, 0.29) is 10.5 Å². The van der Waals surface area contributed by atoms with Crippen LogP contribution in [0.2, 0.25) is 0 Å². The molecule has 4 rings (SSSR count). The molecule has 1 heterocycles. The third-order valence-electron chi connectivity index (χ3n) is 5.39. The number of nitrogens with zero attached hydrogens (tertiary/aromatic N) is 1. The topological polar surface area (TPSA) is 87.7 Å². The smallest absolute Gasteiger partial charge is 0.259 e. The molecule has 0 fully saturated rings. The predicted octanol–water partition coefficient (Wildman–Crippen LogP) is 4.34. The van der Waals surface area contributed by atoms with E-state index in [1.54, 1.807) is 31.2 Å². The van der Waals surface area contributed by atoms with Gasteiger partial charge in [-0.1, -0.05) is 49.4 Å². The maximum atomic E-state index is 13.2. The first-order valence-corrected chi connectivity index (χ1v) is 11.8. The molecule has 166 valence electrons. The van der Waals surface area contributed by atoms with Gasteiger partial charge in [-0.25, -0.2) is 12.7 Å². The summed E-state index contributed by atoms with van der Waals surface area (Å²) in [4.78, 5) is 12.9. The van der Waals surface area contributed by atoms with Crippen LogP contribution >= 0.6 is 0 Å². The zero-order valence-corrected chi connectivity index (χ0v) is 18.8. The molecule has 1 aliphatic heterocycles. The minimum absolute atomic E-state index is 0.0402. The fourth-order valence-corrected chi connectivity index (χ4v) is 4.82. The second-order valence-electron chi connectivity index (χ2n) is 7.48. The van der Waals surface area contributed by atoms with Crippen LogP contribution in [0.25, 0.3) is 0 Å². The molecule has 32 heavy (non-hydrogen) atoms. The molecule has 8 heteroatoms.